The Hall–Kier alpha value is -1.82. The lowest BCUT2D eigenvalue weighted by molar-refractivity contribution is -0.120. The van der Waals surface area contributed by atoms with Gasteiger partial charge in [0, 0.05) is 6.54 Å². The summed E-state index contributed by atoms with van der Waals surface area (Å²) in [6, 6.07) is 3.11. The third-order valence-corrected chi connectivity index (χ3v) is 2.04. The summed E-state index contributed by atoms with van der Waals surface area (Å²) in [6.07, 6.45) is 1.42. The van der Waals surface area contributed by atoms with E-state index in [2.05, 4.69) is 10.6 Å². The fraction of sp³-hybridized carbons (Fsp3) is 0.455. The van der Waals surface area contributed by atoms with Crippen LogP contribution in [-0.4, -0.2) is 36.1 Å². The maximum atomic E-state index is 11.4. The number of nitrogens with one attached hydrogen (secondary N) is 2. The van der Waals surface area contributed by atoms with Gasteiger partial charge in [-0.2, -0.15) is 0 Å². The molecule has 1 aromatic heterocycles. The van der Waals surface area contributed by atoms with Gasteiger partial charge >= 0.3 is 0 Å². The highest BCUT2D eigenvalue weighted by atomic mass is 16.3. The van der Waals surface area contributed by atoms with Crippen LogP contribution in [0.2, 0.25) is 0 Å². The van der Waals surface area contributed by atoms with Crippen molar-refractivity contribution in [3.8, 4) is 0 Å². The van der Waals surface area contributed by atoms with E-state index in [9.17, 15) is 9.59 Å². The molecule has 0 aliphatic carbocycles. The summed E-state index contributed by atoms with van der Waals surface area (Å²) in [7, 11) is 0. The lowest BCUT2D eigenvalue weighted by Gasteiger charge is -2.07. The fourth-order valence-corrected chi connectivity index (χ4v) is 1.14. The number of aliphatic hydroxyl groups excluding tert-OH is 1. The largest absolute Gasteiger partial charge is 0.459 e. The van der Waals surface area contributed by atoms with Crippen LogP contribution in [0.5, 0.6) is 0 Å². The first-order valence-electron chi connectivity index (χ1n) is 5.36. The molecule has 1 aromatic rings. The number of hydrogen-bond donors (Lipinski definition) is 3. The lowest BCUT2D eigenvalue weighted by Crippen LogP contribution is -2.37. The van der Waals surface area contributed by atoms with Gasteiger partial charge in [0.25, 0.3) is 5.91 Å². The predicted octanol–water partition coefficient (Wildman–Crippen LogP) is -0.103. The minimum atomic E-state index is -0.451. The second-order valence-corrected chi connectivity index (χ2v) is 3.65. The molecule has 6 nitrogen and oxygen atoms in total. The molecule has 94 valence electrons. The Labute approximate surface area is 99.0 Å². The Morgan fingerprint density at radius 1 is 1.47 bits per heavy atom. The minimum absolute atomic E-state index is 0.112. The molecule has 0 aromatic carbocycles. The van der Waals surface area contributed by atoms with Crippen molar-refractivity contribution in [2.24, 2.45) is 0 Å². The molecule has 0 aliphatic rings. The lowest BCUT2D eigenvalue weighted by atomic mass is 10.3. The van der Waals surface area contributed by atoms with Gasteiger partial charge in [0.15, 0.2) is 5.76 Å². The Bertz CT molecular complexity index is 360. The van der Waals surface area contributed by atoms with E-state index >= 15 is 0 Å². The fourth-order valence-electron chi connectivity index (χ4n) is 1.14. The Kier molecular flexibility index (Phi) is 5.22. The molecule has 0 saturated heterocycles. The smallest absolute Gasteiger partial charge is 0.287 e. The van der Waals surface area contributed by atoms with E-state index in [0.29, 0.717) is 13.0 Å². The number of aliphatic hydroxyl groups is 1. The number of carbonyl (C=O) groups excluding carboxylic acids is 2. The summed E-state index contributed by atoms with van der Waals surface area (Å²) in [5, 5.41) is 14.0. The zero-order valence-electron chi connectivity index (χ0n) is 9.60. The van der Waals surface area contributed by atoms with Gasteiger partial charge in [-0.3, -0.25) is 9.59 Å². The van der Waals surface area contributed by atoms with Crippen LogP contribution in [0.25, 0.3) is 0 Å². The van der Waals surface area contributed by atoms with Crippen molar-refractivity contribution in [3.05, 3.63) is 24.2 Å². The molecule has 1 heterocycles. The zero-order valence-corrected chi connectivity index (χ0v) is 9.60. The predicted molar refractivity (Wildman–Crippen MR) is 60.3 cm³/mol. The Morgan fingerprint density at radius 3 is 2.82 bits per heavy atom. The van der Waals surface area contributed by atoms with Crippen LogP contribution < -0.4 is 10.6 Å². The van der Waals surface area contributed by atoms with Gasteiger partial charge in [-0.15, -0.1) is 0 Å². The molecule has 6 heteroatoms. The van der Waals surface area contributed by atoms with E-state index in [0.717, 1.165) is 0 Å². The molecule has 0 radical (unpaired) electrons. The summed E-state index contributed by atoms with van der Waals surface area (Å²) in [6.45, 7) is 1.91. The van der Waals surface area contributed by atoms with E-state index in [1.807, 2.05) is 0 Å². The maximum absolute atomic E-state index is 11.4. The number of carbonyl (C=O) groups is 2. The van der Waals surface area contributed by atoms with Crippen molar-refractivity contribution in [3.63, 3.8) is 0 Å². The summed E-state index contributed by atoms with van der Waals surface area (Å²) in [5.74, 6) is -0.562. The van der Waals surface area contributed by atoms with Crippen LogP contribution in [0.4, 0.5) is 0 Å². The molecule has 0 aliphatic heterocycles. The molecule has 3 N–H and O–H groups in total. The van der Waals surface area contributed by atoms with Crippen molar-refractivity contribution in [1.82, 2.24) is 10.6 Å². The van der Waals surface area contributed by atoms with Gasteiger partial charge < -0.3 is 20.2 Å². The average Bonchev–Trinajstić information content (AvgIpc) is 2.78. The first kappa shape index (κ1) is 13.2. The van der Waals surface area contributed by atoms with Crippen molar-refractivity contribution in [1.29, 1.82) is 0 Å². The molecular formula is C11H16N2O4. The highest BCUT2D eigenvalue weighted by Crippen LogP contribution is 1.98. The molecule has 1 unspecified atom stereocenters. The van der Waals surface area contributed by atoms with Crippen molar-refractivity contribution >= 4 is 11.8 Å². The topological polar surface area (TPSA) is 91.6 Å². The summed E-state index contributed by atoms with van der Waals surface area (Å²) in [4.78, 5) is 22.6. The summed E-state index contributed by atoms with van der Waals surface area (Å²) in [5.41, 5.74) is 0. The van der Waals surface area contributed by atoms with Gasteiger partial charge in [0.2, 0.25) is 5.91 Å². The highest BCUT2D eigenvalue weighted by Gasteiger charge is 2.09. The molecular weight excluding hydrogens is 224 g/mol. The number of amides is 2. The van der Waals surface area contributed by atoms with Gasteiger partial charge in [-0.05, 0) is 25.5 Å². The molecule has 0 fully saturated rings. The normalized spacial score (nSPS) is 11.9. The van der Waals surface area contributed by atoms with Gasteiger partial charge in [0.1, 0.15) is 0 Å². The maximum Gasteiger partial charge on any atom is 0.287 e. The van der Waals surface area contributed by atoms with Gasteiger partial charge in [-0.1, -0.05) is 0 Å². The van der Waals surface area contributed by atoms with Crippen LogP contribution in [0.15, 0.2) is 22.8 Å². The third-order valence-electron chi connectivity index (χ3n) is 2.04. The van der Waals surface area contributed by atoms with Crippen LogP contribution in [-0.2, 0) is 4.79 Å². The van der Waals surface area contributed by atoms with E-state index in [1.165, 1.54) is 12.3 Å². The van der Waals surface area contributed by atoms with Crippen molar-refractivity contribution in [2.75, 3.05) is 13.1 Å². The highest BCUT2D eigenvalue weighted by molar-refractivity contribution is 5.94. The van der Waals surface area contributed by atoms with Crippen LogP contribution in [0, 0.1) is 0 Å². The van der Waals surface area contributed by atoms with Crippen molar-refractivity contribution < 1.29 is 19.1 Å². The number of rotatable bonds is 6. The third kappa shape index (κ3) is 5.17. The second kappa shape index (κ2) is 6.70. The SMILES string of the molecule is CC(O)CCNC(=O)CNC(=O)c1ccco1. The van der Waals surface area contributed by atoms with Crippen molar-refractivity contribution in [2.45, 2.75) is 19.4 Å². The molecule has 0 saturated carbocycles. The van der Waals surface area contributed by atoms with Crippen LogP contribution >= 0.6 is 0 Å². The molecule has 0 spiro atoms. The first-order valence-corrected chi connectivity index (χ1v) is 5.36. The van der Waals surface area contributed by atoms with E-state index < -0.39 is 12.0 Å². The standard InChI is InChI=1S/C11H16N2O4/c1-8(14)4-5-12-10(15)7-13-11(16)9-3-2-6-17-9/h2-3,6,8,14H,4-5,7H2,1H3,(H,12,15)(H,13,16). The molecule has 0 bridgehead atoms. The Balaban J connectivity index is 2.18. The second-order valence-electron chi connectivity index (χ2n) is 3.65. The van der Waals surface area contributed by atoms with Crippen LogP contribution in [0.1, 0.15) is 23.9 Å². The molecule has 1 atom stereocenters. The van der Waals surface area contributed by atoms with E-state index in [1.54, 1.807) is 13.0 Å². The van der Waals surface area contributed by atoms with E-state index in [4.69, 9.17) is 9.52 Å². The quantitative estimate of drug-likeness (QED) is 0.647. The minimum Gasteiger partial charge on any atom is -0.459 e. The van der Waals surface area contributed by atoms with Gasteiger partial charge in [-0.25, -0.2) is 0 Å². The summed E-state index contributed by atoms with van der Waals surface area (Å²) < 4.78 is 4.86. The Morgan fingerprint density at radius 2 is 2.24 bits per heavy atom. The van der Waals surface area contributed by atoms with E-state index in [-0.39, 0.29) is 18.2 Å². The number of hydrogen-bond acceptors (Lipinski definition) is 4. The monoisotopic (exact) mass is 240 g/mol. The number of furan rings is 1. The zero-order chi connectivity index (χ0) is 12.7. The average molecular weight is 240 g/mol. The molecule has 2 amide bonds. The van der Waals surface area contributed by atoms with Crippen LogP contribution in [0.3, 0.4) is 0 Å². The molecule has 17 heavy (non-hydrogen) atoms. The summed E-state index contributed by atoms with van der Waals surface area (Å²) >= 11 is 0. The molecule has 1 rings (SSSR count). The first-order chi connectivity index (χ1) is 8.09. The van der Waals surface area contributed by atoms with Gasteiger partial charge in [0.05, 0.1) is 18.9 Å².